The van der Waals surface area contributed by atoms with Gasteiger partial charge in [0.15, 0.2) is 0 Å². The molecule has 0 aliphatic carbocycles. The fourth-order valence-electron chi connectivity index (χ4n) is 0.896. The van der Waals surface area contributed by atoms with Gasteiger partial charge in [-0.15, -0.1) is 19.0 Å². The molecule has 0 spiro atoms. The Morgan fingerprint density at radius 1 is 1.58 bits per heavy atom. The molecule has 1 aromatic heterocycles. The SMILES string of the molecule is C=CC[C@@H](N)c1ccccn1.Cl. The minimum absolute atomic E-state index is 0. The Bertz CT molecular complexity index is 223. The second-order valence-electron chi connectivity index (χ2n) is 2.39. The van der Waals surface area contributed by atoms with Gasteiger partial charge in [-0.3, -0.25) is 4.98 Å². The van der Waals surface area contributed by atoms with E-state index in [0.717, 1.165) is 12.1 Å². The Morgan fingerprint density at radius 2 is 2.33 bits per heavy atom. The molecule has 0 fully saturated rings. The first kappa shape index (κ1) is 11.1. The third-order valence-corrected chi connectivity index (χ3v) is 1.49. The van der Waals surface area contributed by atoms with Crippen LogP contribution in [-0.2, 0) is 0 Å². The Kier molecular flexibility index (Phi) is 5.34. The van der Waals surface area contributed by atoms with Crippen LogP contribution in [0.4, 0.5) is 0 Å². The third kappa shape index (κ3) is 3.03. The summed E-state index contributed by atoms with van der Waals surface area (Å²) in [4.78, 5) is 4.12. The average Bonchev–Trinajstić information content (AvgIpc) is 2.07. The highest BCUT2D eigenvalue weighted by atomic mass is 35.5. The van der Waals surface area contributed by atoms with Gasteiger partial charge in [0.25, 0.3) is 0 Å². The summed E-state index contributed by atoms with van der Waals surface area (Å²) in [5.41, 5.74) is 6.70. The van der Waals surface area contributed by atoms with E-state index in [-0.39, 0.29) is 18.4 Å². The fourth-order valence-corrected chi connectivity index (χ4v) is 0.896. The first-order valence-electron chi connectivity index (χ1n) is 3.62. The Labute approximate surface area is 78.9 Å². The van der Waals surface area contributed by atoms with E-state index in [1.165, 1.54) is 0 Å². The predicted molar refractivity (Wildman–Crippen MR) is 53.2 cm³/mol. The van der Waals surface area contributed by atoms with Crippen LogP contribution < -0.4 is 5.73 Å². The monoisotopic (exact) mass is 184 g/mol. The van der Waals surface area contributed by atoms with Gasteiger partial charge in [0.1, 0.15) is 0 Å². The van der Waals surface area contributed by atoms with Crippen molar-refractivity contribution in [2.75, 3.05) is 0 Å². The topological polar surface area (TPSA) is 38.9 Å². The Morgan fingerprint density at radius 3 is 2.83 bits per heavy atom. The summed E-state index contributed by atoms with van der Waals surface area (Å²) in [5, 5.41) is 0. The summed E-state index contributed by atoms with van der Waals surface area (Å²) in [5.74, 6) is 0. The van der Waals surface area contributed by atoms with Crippen LogP contribution >= 0.6 is 12.4 Å². The van der Waals surface area contributed by atoms with Gasteiger partial charge in [0.2, 0.25) is 0 Å². The maximum Gasteiger partial charge on any atom is 0.0574 e. The molecule has 0 radical (unpaired) electrons. The van der Waals surface area contributed by atoms with E-state index in [2.05, 4.69) is 11.6 Å². The van der Waals surface area contributed by atoms with Gasteiger partial charge in [0, 0.05) is 6.20 Å². The second kappa shape index (κ2) is 5.75. The van der Waals surface area contributed by atoms with Crippen molar-refractivity contribution in [3.05, 3.63) is 42.7 Å². The van der Waals surface area contributed by atoms with Crippen molar-refractivity contribution in [2.24, 2.45) is 5.73 Å². The molecule has 2 N–H and O–H groups in total. The summed E-state index contributed by atoms with van der Waals surface area (Å²) in [6.45, 7) is 3.62. The van der Waals surface area contributed by atoms with E-state index >= 15 is 0 Å². The van der Waals surface area contributed by atoms with Crippen LogP contribution in [0.15, 0.2) is 37.1 Å². The van der Waals surface area contributed by atoms with Crippen molar-refractivity contribution in [3.63, 3.8) is 0 Å². The summed E-state index contributed by atoms with van der Waals surface area (Å²) in [6, 6.07) is 5.73. The largest absolute Gasteiger partial charge is 0.322 e. The molecule has 0 unspecified atom stereocenters. The lowest BCUT2D eigenvalue weighted by Gasteiger charge is -2.06. The summed E-state index contributed by atoms with van der Waals surface area (Å²) in [6.07, 6.45) is 4.33. The minimum atomic E-state index is -0.00583. The number of pyridine rings is 1. The van der Waals surface area contributed by atoms with E-state index in [1.54, 1.807) is 12.3 Å². The van der Waals surface area contributed by atoms with Gasteiger partial charge in [-0.05, 0) is 18.6 Å². The van der Waals surface area contributed by atoms with Crippen molar-refractivity contribution in [3.8, 4) is 0 Å². The van der Waals surface area contributed by atoms with E-state index in [0.29, 0.717) is 0 Å². The zero-order valence-corrected chi connectivity index (χ0v) is 7.63. The zero-order chi connectivity index (χ0) is 8.10. The summed E-state index contributed by atoms with van der Waals surface area (Å²) < 4.78 is 0. The van der Waals surface area contributed by atoms with Gasteiger partial charge >= 0.3 is 0 Å². The van der Waals surface area contributed by atoms with E-state index < -0.39 is 0 Å². The molecule has 0 saturated heterocycles. The molecule has 0 aliphatic heterocycles. The van der Waals surface area contributed by atoms with E-state index in [4.69, 9.17) is 5.73 Å². The van der Waals surface area contributed by atoms with Gasteiger partial charge in [-0.2, -0.15) is 0 Å². The maximum absolute atomic E-state index is 5.77. The predicted octanol–water partition coefficient (Wildman–Crippen LogP) is 2.08. The van der Waals surface area contributed by atoms with Crippen LogP contribution in [0.25, 0.3) is 0 Å². The van der Waals surface area contributed by atoms with Gasteiger partial charge in [0.05, 0.1) is 11.7 Å². The standard InChI is InChI=1S/C9H12N2.ClH/c1-2-5-8(10)9-6-3-4-7-11-9;/h2-4,6-8H,1,5,10H2;1H/t8-;/m1./s1. The number of aromatic nitrogens is 1. The molecule has 0 aromatic carbocycles. The van der Waals surface area contributed by atoms with Crippen LogP contribution in [0.5, 0.6) is 0 Å². The van der Waals surface area contributed by atoms with Crippen LogP contribution in [-0.4, -0.2) is 4.98 Å². The van der Waals surface area contributed by atoms with Crippen molar-refractivity contribution in [1.82, 2.24) is 4.98 Å². The number of hydrogen-bond donors (Lipinski definition) is 1. The third-order valence-electron chi connectivity index (χ3n) is 1.49. The van der Waals surface area contributed by atoms with Crippen LogP contribution in [0.1, 0.15) is 18.2 Å². The van der Waals surface area contributed by atoms with Crippen molar-refractivity contribution in [1.29, 1.82) is 0 Å². The Hall–Kier alpha value is -0.860. The average molecular weight is 185 g/mol. The molecule has 66 valence electrons. The normalized spacial score (nSPS) is 11.4. The molecule has 2 nitrogen and oxygen atoms in total. The smallest absolute Gasteiger partial charge is 0.0574 e. The number of nitrogens with zero attached hydrogens (tertiary/aromatic N) is 1. The quantitative estimate of drug-likeness (QED) is 0.731. The first-order chi connectivity index (χ1) is 5.34. The molecule has 12 heavy (non-hydrogen) atoms. The second-order valence-corrected chi connectivity index (χ2v) is 2.39. The lowest BCUT2D eigenvalue weighted by atomic mass is 10.1. The number of halogens is 1. The summed E-state index contributed by atoms with van der Waals surface area (Å²) >= 11 is 0. The molecule has 1 rings (SSSR count). The van der Waals surface area contributed by atoms with Crippen molar-refractivity contribution >= 4 is 12.4 Å². The molecule has 0 saturated carbocycles. The molecule has 1 atom stereocenters. The molecule has 1 heterocycles. The van der Waals surface area contributed by atoms with E-state index in [1.807, 2.05) is 18.2 Å². The lowest BCUT2D eigenvalue weighted by molar-refractivity contribution is 0.714. The highest BCUT2D eigenvalue weighted by molar-refractivity contribution is 5.85. The van der Waals surface area contributed by atoms with Gasteiger partial charge in [-0.25, -0.2) is 0 Å². The first-order valence-corrected chi connectivity index (χ1v) is 3.62. The summed E-state index contributed by atoms with van der Waals surface area (Å²) in [7, 11) is 0. The van der Waals surface area contributed by atoms with Crippen LogP contribution in [0.2, 0.25) is 0 Å². The van der Waals surface area contributed by atoms with Crippen molar-refractivity contribution < 1.29 is 0 Å². The van der Waals surface area contributed by atoms with Gasteiger partial charge < -0.3 is 5.73 Å². The maximum atomic E-state index is 5.77. The minimum Gasteiger partial charge on any atom is -0.322 e. The number of nitrogens with two attached hydrogens (primary N) is 1. The molecule has 3 heteroatoms. The molecule has 0 amide bonds. The number of hydrogen-bond acceptors (Lipinski definition) is 2. The fraction of sp³-hybridized carbons (Fsp3) is 0.222. The van der Waals surface area contributed by atoms with Crippen molar-refractivity contribution in [2.45, 2.75) is 12.5 Å². The highest BCUT2D eigenvalue weighted by Crippen LogP contribution is 2.09. The van der Waals surface area contributed by atoms with E-state index in [9.17, 15) is 0 Å². The molecule has 0 aliphatic rings. The molecule has 0 bridgehead atoms. The van der Waals surface area contributed by atoms with Gasteiger partial charge in [-0.1, -0.05) is 12.1 Å². The lowest BCUT2D eigenvalue weighted by Crippen LogP contribution is -2.10. The molecular weight excluding hydrogens is 172 g/mol. The Balaban J connectivity index is 0.00000121. The molecule has 1 aromatic rings. The highest BCUT2D eigenvalue weighted by Gasteiger charge is 2.02. The number of rotatable bonds is 3. The zero-order valence-electron chi connectivity index (χ0n) is 6.81. The van der Waals surface area contributed by atoms with Crippen LogP contribution in [0.3, 0.4) is 0 Å². The van der Waals surface area contributed by atoms with Crippen LogP contribution in [0, 0.1) is 0 Å². The molecular formula is C9H13ClN2.